The van der Waals surface area contributed by atoms with Crippen LogP contribution in [0.5, 0.6) is 0 Å². The molecule has 0 heterocycles. The highest BCUT2D eigenvalue weighted by molar-refractivity contribution is 5.85. The van der Waals surface area contributed by atoms with Crippen LogP contribution >= 0.6 is 12.4 Å². The average Bonchev–Trinajstić information content (AvgIpc) is 2.10. The lowest BCUT2D eigenvalue weighted by atomic mass is 10.1. The maximum absolute atomic E-state index is 12.7. The number of benzene rings is 1. The minimum Gasteiger partial charge on any atom is -0.323 e. The average molecular weight is 219 g/mol. The number of hydrogen-bond donors (Lipinski definition) is 1. The first-order chi connectivity index (χ1) is 6.15. The van der Waals surface area contributed by atoms with Gasteiger partial charge >= 0.3 is 0 Å². The van der Waals surface area contributed by atoms with E-state index in [0.717, 1.165) is 12.1 Å². The molecule has 1 rings (SSSR count). The largest absolute Gasteiger partial charge is 0.323 e. The third-order valence-corrected chi connectivity index (χ3v) is 1.68. The standard InChI is InChI=1S/C9H8F2N2.ClH/c10-7-2-1-6(5-8(7)11)9(13)3-4-12;/h1-2,5,9H,3,13H2;1H/t9-;/m0./s1. The minimum absolute atomic E-state index is 0. The van der Waals surface area contributed by atoms with E-state index in [1.807, 2.05) is 6.07 Å². The van der Waals surface area contributed by atoms with Crippen LogP contribution in [0.1, 0.15) is 18.0 Å². The summed E-state index contributed by atoms with van der Waals surface area (Å²) < 4.78 is 25.1. The van der Waals surface area contributed by atoms with Gasteiger partial charge in [0.25, 0.3) is 0 Å². The van der Waals surface area contributed by atoms with Crippen molar-refractivity contribution in [1.82, 2.24) is 0 Å². The highest BCUT2D eigenvalue weighted by atomic mass is 35.5. The Bertz CT molecular complexity index is 349. The van der Waals surface area contributed by atoms with Crippen molar-refractivity contribution in [1.29, 1.82) is 5.26 Å². The Morgan fingerprint density at radius 3 is 2.50 bits per heavy atom. The van der Waals surface area contributed by atoms with E-state index in [0.29, 0.717) is 5.56 Å². The number of halogens is 3. The summed E-state index contributed by atoms with van der Waals surface area (Å²) in [4.78, 5) is 0. The van der Waals surface area contributed by atoms with Gasteiger partial charge in [0, 0.05) is 6.04 Å². The first-order valence-electron chi connectivity index (χ1n) is 3.72. The van der Waals surface area contributed by atoms with Crippen LogP contribution in [0.2, 0.25) is 0 Å². The molecule has 0 unspecified atom stereocenters. The molecule has 2 N–H and O–H groups in total. The lowest BCUT2D eigenvalue weighted by Crippen LogP contribution is -2.09. The van der Waals surface area contributed by atoms with E-state index >= 15 is 0 Å². The monoisotopic (exact) mass is 218 g/mol. The Kier molecular flexibility index (Phi) is 5.06. The Labute approximate surface area is 86.7 Å². The summed E-state index contributed by atoms with van der Waals surface area (Å²) in [6, 6.07) is 4.69. The van der Waals surface area contributed by atoms with Crippen LogP contribution in [-0.2, 0) is 0 Å². The molecular weight excluding hydrogens is 210 g/mol. The zero-order valence-electron chi connectivity index (χ0n) is 7.21. The molecule has 0 saturated carbocycles. The lowest BCUT2D eigenvalue weighted by molar-refractivity contribution is 0.505. The summed E-state index contributed by atoms with van der Waals surface area (Å²) in [6.45, 7) is 0. The van der Waals surface area contributed by atoms with E-state index in [9.17, 15) is 8.78 Å². The second kappa shape index (κ2) is 5.53. The summed E-state index contributed by atoms with van der Waals surface area (Å²) in [6.07, 6.45) is 0.0884. The van der Waals surface area contributed by atoms with Gasteiger partial charge < -0.3 is 5.73 Å². The van der Waals surface area contributed by atoms with Crippen LogP contribution in [0.15, 0.2) is 18.2 Å². The van der Waals surface area contributed by atoms with Crippen molar-refractivity contribution in [3.63, 3.8) is 0 Å². The molecule has 14 heavy (non-hydrogen) atoms. The normalized spacial score (nSPS) is 11.3. The van der Waals surface area contributed by atoms with Gasteiger partial charge in [-0.3, -0.25) is 0 Å². The Hall–Kier alpha value is -1.18. The van der Waals surface area contributed by atoms with Gasteiger partial charge in [-0.2, -0.15) is 5.26 Å². The van der Waals surface area contributed by atoms with Crippen molar-refractivity contribution < 1.29 is 8.78 Å². The quantitative estimate of drug-likeness (QED) is 0.828. The molecule has 1 aromatic carbocycles. The smallest absolute Gasteiger partial charge is 0.159 e. The Morgan fingerprint density at radius 2 is 2.00 bits per heavy atom. The second-order valence-electron chi connectivity index (χ2n) is 2.64. The SMILES string of the molecule is Cl.N#CC[C@H](N)c1ccc(F)c(F)c1. The zero-order chi connectivity index (χ0) is 9.84. The maximum atomic E-state index is 12.7. The lowest BCUT2D eigenvalue weighted by Gasteiger charge is -2.07. The molecule has 0 amide bonds. The molecule has 5 heteroatoms. The summed E-state index contributed by atoms with van der Waals surface area (Å²) in [7, 11) is 0. The highest BCUT2D eigenvalue weighted by Gasteiger charge is 2.08. The summed E-state index contributed by atoms with van der Waals surface area (Å²) in [5, 5.41) is 8.32. The van der Waals surface area contributed by atoms with E-state index in [2.05, 4.69) is 0 Å². The van der Waals surface area contributed by atoms with Gasteiger partial charge in [0.1, 0.15) is 0 Å². The highest BCUT2D eigenvalue weighted by Crippen LogP contribution is 2.16. The van der Waals surface area contributed by atoms with E-state index in [4.69, 9.17) is 11.0 Å². The first kappa shape index (κ1) is 12.8. The fourth-order valence-electron chi connectivity index (χ4n) is 0.959. The van der Waals surface area contributed by atoms with Gasteiger partial charge in [0.05, 0.1) is 12.5 Å². The molecule has 0 saturated heterocycles. The Morgan fingerprint density at radius 1 is 1.36 bits per heavy atom. The topological polar surface area (TPSA) is 49.8 Å². The van der Waals surface area contributed by atoms with Crippen LogP contribution < -0.4 is 5.73 Å². The Balaban J connectivity index is 0.00000169. The van der Waals surface area contributed by atoms with Crippen molar-refractivity contribution in [2.45, 2.75) is 12.5 Å². The van der Waals surface area contributed by atoms with Crippen LogP contribution in [0.3, 0.4) is 0 Å². The molecule has 0 aliphatic rings. The molecule has 0 radical (unpaired) electrons. The molecule has 1 atom stereocenters. The predicted octanol–water partition coefficient (Wildman–Crippen LogP) is 2.30. The predicted molar refractivity (Wildman–Crippen MR) is 50.8 cm³/mol. The van der Waals surface area contributed by atoms with E-state index in [-0.39, 0.29) is 18.8 Å². The van der Waals surface area contributed by atoms with E-state index < -0.39 is 17.7 Å². The summed E-state index contributed by atoms with van der Waals surface area (Å²) in [5.74, 6) is -1.85. The maximum Gasteiger partial charge on any atom is 0.159 e. The second-order valence-corrected chi connectivity index (χ2v) is 2.64. The zero-order valence-corrected chi connectivity index (χ0v) is 8.02. The number of hydrogen-bond acceptors (Lipinski definition) is 2. The van der Waals surface area contributed by atoms with Gasteiger partial charge in [-0.15, -0.1) is 12.4 Å². The van der Waals surface area contributed by atoms with Gasteiger partial charge in [-0.25, -0.2) is 8.78 Å². The molecule has 0 aliphatic heterocycles. The van der Waals surface area contributed by atoms with Crippen molar-refractivity contribution >= 4 is 12.4 Å². The van der Waals surface area contributed by atoms with Crippen molar-refractivity contribution in [3.05, 3.63) is 35.4 Å². The fourth-order valence-corrected chi connectivity index (χ4v) is 0.959. The van der Waals surface area contributed by atoms with E-state index in [1.54, 1.807) is 0 Å². The van der Waals surface area contributed by atoms with Gasteiger partial charge in [0.2, 0.25) is 0 Å². The molecule has 76 valence electrons. The summed E-state index contributed by atoms with van der Waals surface area (Å²) in [5.41, 5.74) is 5.94. The molecule has 0 fully saturated rings. The minimum atomic E-state index is -0.939. The molecule has 0 aromatic heterocycles. The third-order valence-electron chi connectivity index (χ3n) is 1.68. The van der Waals surface area contributed by atoms with Gasteiger partial charge in [0.15, 0.2) is 11.6 Å². The third kappa shape index (κ3) is 2.95. The molecule has 0 aliphatic carbocycles. The van der Waals surface area contributed by atoms with Crippen molar-refractivity contribution in [3.8, 4) is 6.07 Å². The summed E-state index contributed by atoms with van der Waals surface area (Å²) >= 11 is 0. The molecule has 0 bridgehead atoms. The number of rotatable bonds is 2. The molecule has 2 nitrogen and oxygen atoms in total. The number of nitrogens with zero attached hydrogens (tertiary/aromatic N) is 1. The van der Waals surface area contributed by atoms with Crippen LogP contribution in [0, 0.1) is 23.0 Å². The van der Waals surface area contributed by atoms with Crippen LogP contribution in [0.4, 0.5) is 8.78 Å². The first-order valence-corrected chi connectivity index (χ1v) is 3.72. The van der Waals surface area contributed by atoms with Gasteiger partial charge in [-0.05, 0) is 17.7 Å². The number of nitrogens with two attached hydrogens (primary N) is 1. The fraction of sp³-hybridized carbons (Fsp3) is 0.222. The molecule has 1 aromatic rings. The van der Waals surface area contributed by atoms with Gasteiger partial charge in [-0.1, -0.05) is 6.07 Å². The van der Waals surface area contributed by atoms with Crippen LogP contribution in [0.25, 0.3) is 0 Å². The van der Waals surface area contributed by atoms with E-state index in [1.165, 1.54) is 6.07 Å². The molecular formula is C9H9ClF2N2. The van der Waals surface area contributed by atoms with Crippen molar-refractivity contribution in [2.24, 2.45) is 5.73 Å². The van der Waals surface area contributed by atoms with Crippen molar-refractivity contribution in [2.75, 3.05) is 0 Å². The molecule has 0 spiro atoms. The number of nitriles is 1. The van der Waals surface area contributed by atoms with Crippen LogP contribution in [-0.4, -0.2) is 0 Å².